The molecule has 0 radical (unpaired) electrons. The summed E-state index contributed by atoms with van der Waals surface area (Å²) in [7, 11) is 1.53. The van der Waals surface area contributed by atoms with Gasteiger partial charge >= 0.3 is 0 Å². The molecule has 0 aliphatic rings. The van der Waals surface area contributed by atoms with Crippen molar-refractivity contribution in [3.05, 3.63) is 22.7 Å². The zero-order valence-electron chi connectivity index (χ0n) is 7.49. The molecule has 0 saturated carbocycles. The molecule has 0 spiro atoms. The summed E-state index contributed by atoms with van der Waals surface area (Å²) < 4.78 is 0.889. The average molecular weight is 244 g/mol. The van der Waals surface area contributed by atoms with E-state index in [1.54, 1.807) is 6.20 Å². The van der Waals surface area contributed by atoms with Crippen molar-refractivity contribution in [3.8, 4) is 0 Å². The smallest absolute Gasteiger partial charge is 0.115 e. The van der Waals surface area contributed by atoms with Gasteiger partial charge in [0.25, 0.3) is 0 Å². The van der Waals surface area contributed by atoms with Crippen LogP contribution in [0.5, 0.6) is 0 Å². The maximum atomic E-state index is 4.64. The Labute approximate surface area is 85.2 Å². The Morgan fingerprint density at radius 3 is 3.08 bits per heavy atom. The number of aromatic nitrogens is 2. The van der Waals surface area contributed by atoms with E-state index in [1.807, 2.05) is 6.92 Å². The Hall–Kier alpha value is -0.970. The van der Waals surface area contributed by atoms with E-state index in [0.29, 0.717) is 6.42 Å². The van der Waals surface area contributed by atoms with Crippen LogP contribution in [-0.4, -0.2) is 22.8 Å². The number of oxime groups is 1. The van der Waals surface area contributed by atoms with Gasteiger partial charge in [-0.3, -0.25) is 0 Å². The summed E-state index contributed by atoms with van der Waals surface area (Å²) in [6.07, 6.45) is 3.89. The number of halogens is 1. The molecule has 13 heavy (non-hydrogen) atoms. The van der Waals surface area contributed by atoms with Gasteiger partial charge in [-0.15, -0.1) is 0 Å². The van der Waals surface area contributed by atoms with Crippen molar-refractivity contribution in [1.29, 1.82) is 0 Å². The van der Waals surface area contributed by atoms with Crippen LogP contribution < -0.4 is 0 Å². The maximum absolute atomic E-state index is 4.64. The summed E-state index contributed by atoms with van der Waals surface area (Å²) in [5.41, 5.74) is 1.79. The van der Waals surface area contributed by atoms with E-state index < -0.39 is 0 Å². The van der Waals surface area contributed by atoms with Crippen molar-refractivity contribution in [1.82, 2.24) is 9.97 Å². The second-order valence-corrected chi connectivity index (χ2v) is 3.36. The summed E-state index contributed by atoms with van der Waals surface area (Å²) in [5, 5.41) is 3.80. The van der Waals surface area contributed by atoms with Crippen molar-refractivity contribution in [3.63, 3.8) is 0 Å². The van der Waals surface area contributed by atoms with Gasteiger partial charge in [0, 0.05) is 12.6 Å². The topological polar surface area (TPSA) is 47.4 Å². The average Bonchev–Trinajstić information content (AvgIpc) is 2.09. The maximum Gasteiger partial charge on any atom is 0.115 e. The quantitative estimate of drug-likeness (QED) is 0.601. The van der Waals surface area contributed by atoms with Gasteiger partial charge in [0.1, 0.15) is 13.4 Å². The Kier molecular flexibility index (Phi) is 3.82. The predicted octanol–water partition coefficient (Wildman–Crippen LogP) is 1.80. The van der Waals surface area contributed by atoms with Crippen molar-refractivity contribution in [2.75, 3.05) is 7.11 Å². The highest BCUT2D eigenvalue weighted by atomic mass is 79.9. The Morgan fingerprint density at radius 1 is 1.69 bits per heavy atom. The molecular formula is C8H10BrN3O. The third-order valence-electron chi connectivity index (χ3n) is 1.41. The van der Waals surface area contributed by atoms with E-state index in [9.17, 15) is 0 Å². The molecular weight excluding hydrogens is 234 g/mol. The highest BCUT2D eigenvalue weighted by Crippen LogP contribution is 2.12. The first kappa shape index (κ1) is 10.1. The van der Waals surface area contributed by atoms with E-state index in [-0.39, 0.29) is 0 Å². The normalized spacial score (nSPS) is 11.5. The van der Waals surface area contributed by atoms with Crippen molar-refractivity contribution in [2.45, 2.75) is 13.3 Å². The second kappa shape index (κ2) is 4.91. The standard InChI is InChI=1S/C8H10BrN3O/c1-6(12-13-2)3-8-7(9)4-10-5-11-8/h4-5H,3H2,1-2H3/b12-6-. The molecule has 4 nitrogen and oxygen atoms in total. The zero-order chi connectivity index (χ0) is 9.68. The Morgan fingerprint density at radius 2 is 2.46 bits per heavy atom. The van der Waals surface area contributed by atoms with Crippen LogP contribution in [0.3, 0.4) is 0 Å². The molecule has 70 valence electrons. The molecule has 1 rings (SSSR count). The van der Waals surface area contributed by atoms with Gasteiger partial charge in [0.05, 0.1) is 15.9 Å². The summed E-state index contributed by atoms with van der Waals surface area (Å²) in [5.74, 6) is 0. The number of nitrogens with zero attached hydrogens (tertiary/aromatic N) is 3. The Balaban J connectivity index is 2.74. The lowest BCUT2D eigenvalue weighted by atomic mass is 10.2. The lowest BCUT2D eigenvalue weighted by molar-refractivity contribution is 0.212. The van der Waals surface area contributed by atoms with Gasteiger partial charge in [-0.1, -0.05) is 5.16 Å². The van der Waals surface area contributed by atoms with Crippen molar-refractivity contribution >= 4 is 21.6 Å². The summed E-state index contributed by atoms with van der Waals surface area (Å²) in [6, 6.07) is 0. The van der Waals surface area contributed by atoms with Crippen LogP contribution in [0, 0.1) is 0 Å². The fraction of sp³-hybridized carbons (Fsp3) is 0.375. The van der Waals surface area contributed by atoms with Gasteiger partial charge in [-0.25, -0.2) is 9.97 Å². The molecule has 1 heterocycles. The molecule has 0 saturated heterocycles. The molecule has 0 aliphatic carbocycles. The first-order valence-electron chi connectivity index (χ1n) is 3.75. The van der Waals surface area contributed by atoms with E-state index >= 15 is 0 Å². The largest absolute Gasteiger partial charge is 0.399 e. The van der Waals surface area contributed by atoms with Gasteiger partial charge in [-0.2, -0.15) is 0 Å². The monoisotopic (exact) mass is 243 g/mol. The van der Waals surface area contributed by atoms with Crippen LogP contribution >= 0.6 is 15.9 Å². The molecule has 1 aromatic heterocycles. The van der Waals surface area contributed by atoms with Crippen LogP contribution in [0.25, 0.3) is 0 Å². The number of hydrogen-bond acceptors (Lipinski definition) is 4. The Bertz CT molecular complexity index is 314. The highest BCUT2D eigenvalue weighted by Gasteiger charge is 2.02. The minimum Gasteiger partial charge on any atom is -0.399 e. The highest BCUT2D eigenvalue weighted by molar-refractivity contribution is 9.10. The van der Waals surface area contributed by atoms with Crippen molar-refractivity contribution in [2.24, 2.45) is 5.16 Å². The molecule has 0 fully saturated rings. The molecule has 0 N–H and O–H groups in total. The minimum atomic E-state index is 0.664. The van der Waals surface area contributed by atoms with Gasteiger partial charge in [0.2, 0.25) is 0 Å². The summed E-state index contributed by atoms with van der Waals surface area (Å²) in [4.78, 5) is 12.6. The zero-order valence-corrected chi connectivity index (χ0v) is 9.08. The van der Waals surface area contributed by atoms with Gasteiger partial charge in [-0.05, 0) is 22.9 Å². The minimum absolute atomic E-state index is 0.664. The van der Waals surface area contributed by atoms with Crippen molar-refractivity contribution < 1.29 is 4.84 Å². The fourth-order valence-electron chi connectivity index (χ4n) is 0.898. The first-order chi connectivity index (χ1) is 6.24. The van der Waals surface area contributed by atoms with Gasteiger partial charge < -0.3 is 4.84 Å². The molecule has 0 amide bonds. The van der Waals surface area contributed by atoms with Crippen LogP contribution in [-0.2, 0) is 11.3 Å². The predicted molar refractivity (Wildman–Crippen MR) is 53.6 cm³/mol. The third kappa shape index (κ3) is 3.10. The van der Waals surface area contributed by atoms with Crippen LogP contribution in [0.4, 0.5) is 0 Å². The van der Waals surface area contributed by atoms with E-state index in [1.165, 1.54) is 13.4 Å². The van der Waals surface area contributed by atoms with Crippen LogP contribution in [0.1, 0.15) is 12.6 Å². The van der Waals surface area contributed by atoms with Crippen LogP contribution in [0.15, 0.2) is 22.2 Å². The summed E-state index contributed by atoms with van der Waals surface area (Å²) >= 11 is 3.36. The first-order valence-corrected chi connectivity index (χ1v) is 4.54. The molecule has 0 aromatic carbocycles. The fourth-order valence-corrected chi connectivity index (χ4v) is 1.26. The molecule has 0 atom stereocenters. The molecule has 0 aliphatic heterocycles. The SMILES string of the molecule is CO/N=C(/C)Cc1ncncc1Br. The summed E-state index contributed by atoms with van der Waals surface area (Å²) in [6.45, 7) is 1.89. The van der Waals surface area contributed by atoms with Crippen LogP contribution in [0.2, 0.25) is 0 Å². The third-order valence-corrected chi connectivity index (χ3v) is 2.08. The van der Waals surface area contributed by atoms with E-state index in [2.05, 4.69) is 35.9 Å². The van der Waals surface area contributed by atoms with E-state index in [4.69, 9.17) is 0 Å². The molecule has 0 bridgehead atoms. The lowest BCUT2D eigenvalue weighted by Gasteiger charge is -2.00. The number of rotatable bonds is 3. The molecule has 5 heteroatoms. The van der Waals surface area contributed by atoms with Gasteiger partial charge in [0.15, 0.2) is 0 Å². The second-order valence-electron chi connectivity index (χ2n) is 2.50. The lowest BCUT2D eigenvalue weighted by Crippen LogP contribution is -2.01. The van der Waals surface area contributed by atoms with E-state index in [0.717, 1.165) is 15.9 Å². The molecule has 0 unspecified atom stereocenters. The molecule has 1 aromatic rings. The number of hydrogen-bond donors (Lipinski definition) is 0.